The van der Waals surface area contributed by atoms with Gasteiger partial charge in [0.1, 0.15) is 5.82 Å². The molecule has 2 N–H and O–H groups in total. The van der Waals surface area contributed by atoms with Crippen molar-refractivity contribution in [2.45, 2.75) is 25.7 Å². The van der Waals surface area contributed by atoms with E-state index in [1.165, 1.54) is 0 Å². The normalized spacial score (nSPS) is 14.4. The fourth-order valence-corrected chi connectivity index (χ4v) is 2.34. The second kappa shape index (κ2) is 4.77. The summed E-state index contributed by atoms with van der Waals surface area (Å²) in [4.78, 5) is 16.3. The summed E-state index contributed by atoms with van der Waals surface area (Å²) in [6.07, 6.45) is 2.25. The van der Waals surface area contributed by atoms with Gasteiger partial charge in [-0.2, -0.15) is 0 Å². The van der Waals surface area contributed by atoms with Gasteiger partial charge in [-0.25, -0.2) is 4.98 Å². The van der Waals surface area contributed by atoms with Gasteiger partial charge in [0.05, 0.1) is 0 Å². The molecule has 0 atom stereocenters. The van der Waals surface area contributed by atoms with Gasteiger partial charge >= 0.3 is 0 Å². The van der Waals surface area contributed by atoms with Crippen LogP contribution in [0.3, 0.4) is 0 Å². The van der Waals surface area contributed by atoms with Gasteiger partial charge in [-0.05, 0) is 43.5 Å². The van der Waals surface area contributed by atoms with Crippen LogP contribution in [0.25, 0.3) is 0 Å². The minimum Gasteiger partial charge on any atom is -0.319 e. The maximum absolute atomic E-state index is 12.0. The fraction of sp³-hybridized carbons (Fsp3) is 0.308. The van der Waals surface area contributed by atoms with Gasteiger partial charge in [-0.15, -0.1) is 5.10 Å². The summed E-state index contributed by atoms with van der Waals surface area (Å²) in [5.41, 5.74) is 1.76. The first-order valence-corrected chi connectivity index (χ1v) is 6.92. The van der Waals surface area contributed by atoms with E-state index in [1.807, 2.05) is 25.1 Å². The maximum Gasteiger partial charge on any atom is 0.295 e. The Kier molecular flexibility index (Phi) is 3.10. The van der Waals surface area contributed by atoms with E-state index in [2.05, 4.69) is 36.4 Å². The Bertz CT molecular complexity index is 633. The Morgan fingerprint density at radius 2 is 2.26 bits per heavy atom. The van der Waals surface area contributed by atoms with E-state index < -0.39 is 0 Å². The number of halogens is 1. The third kappa shape index (κ3) is 2.68. The Hall–Kier alpha value is -1.69. The van der Waals surface area contributed by atoms with Crippen LogP contribution < -0.4 is 5.32 Å². The average molecular weight is 321 g/mol. The first-order chi connectivity index (χ1) is 9.13. The van der Waals surface area contributed by atoms with Crippen molar-refractivity contribution in [1.82, 2.24) is 15.2 Å². The van der Waals surface area contributed by atoms with Crippen molar-refractivity contribution in [3.8, 4) is 0 Å². The Morgan fingerprint density at radius 3 is 2.95 bits per heavy atom. The summed E-state index contributed by atoms with van der Waals surface area (Å²) in [5, 5.41) is 9.61. The molecule has 5 nitrogen and oxygen atoms in total. The van der Waals surface area contributed by atoms with Crippen LogP contribution in [0.4, 0.5) is 5.69 Å². The van der Waals surface area contributed by atoms with Gasteiger partial charge in [0.15, 0.2) is 0 Å². The highest BCUT2D eigenvalue weighted by Crippen LogP contribution is 2.37. The van der Waals surface area contributed by atoms with Gasteiger partial charge in [0.2, 0.25) is 5.82 Å². The van der Waals surface area contributed by atoms with Crippen molar-refractivity contribution in [2.75, 3.05) is 5.32 Å². The molecule has 1 fully saturated rings. The molecular formula is C13H13BrN4O. The second-order valence-corrected chi connectivity index (χ2v) is 5.65. The lowest BCUT2D eigenvalue weighted by Gasteiger charge is -2.06. The molecule has 1 heterocycles. The van der Waals surface area contributed by atoms with Crippen LogP contribution in [0.2, 0.25) is 0 Å². The molecule has 1 saturated carbocycles. The molecule has 0 aliphatic heterocycles. The quantitative estimate of drug-likeness (QED) is 0.913. The number of nitrogens with one attached hydrogen (secondary N) is 2. The molecule has 0 radical (unpaired) electrons. The lowest BCUT2D eigenvalue weighted by atomic mass is 10.2. The number of H-pyrrole nitrogens is 1. The van der Waals surface area contributed by atoms with Crippen LogP contribution in [0, 0.1) is 6.92 Å². The fourth-order valence-electron chi connectivity index (χ4n) is 1.86. The first-order valence-electron chi connectivity index (χ1n) is 6.13. The highest BCUT2D eigenvalue weighted by molar-refractivity contribution is 9.10. The molecule has 1 aliphatic rings. The van der Waals surface area contributed by atoms with Crippen molar-refractivity contribution < 1.29 is 4.79 Å². The highest BCUT2D eigenvalue weighted by atomic mass is 79.9. The summed E-state index contributed by atoms with van der Waals surface area (Å²) < 4.78 is 0.983. The lowest BCUT2D eigenvalue weighted by Crippen LogP contribution is -2.14. The van der Waals surface area contributed by atoms with Crippen LogP contribution in [0.5, 0.6) is 0 Å². The van der Waals surface area contributed by atoms with Crippen molar-refractivity contribution in [3.05, 3.63) is 39.9 Å². The van der Waals surface area contributed by atoms with E-state index in [-0.39, 0.29) is 11.7 Å². The first kappa shape index (κ1) is 12.3. The smallest absolute Gasteiger partial charge is 0.295 e. The molecule has 0 saturated heterocycles. The number of aryl methyl sites for hydroxylation is 1. The minimum absolute atomic E-state index is 0.198. The zero-order valence-corrected chi connectivity index (χ0v) is 12.0. The maximum atomic E-state index is 12.0. The predicted octanol–water partition coefficient (Wildman–Crippen LogP) is 3.01. The van der Waals surface area contributed by atoms with Gasteiger partial charge < -0.3 is 5.32 Å². The molecule has 19 heavy (non-hydrogen) atoms. The topological polar surface area (TPSA) is 70.7 Å². The van der Waals surface area contributed by atoms with E-state index in [4.69, 9.17) is 0 Å². The molecule has 1 aromatic heterocycles. The Labute approximate surface area is 119 Å². The van der Waals surface area contributed by atoms with E-state index in [0.717, 1.165) is 34.4 Å². The number of carbonyl (C=O) groups excluding carboxylic acids is 1. The molecule has 1 aromatic carbocycles. The van der Waals surface area contributed by atoms with Crippen molar-refractivity contribution in [1.29, 1.82) is 0 Å². The number of amides is 1. The third-order valence-corrected chi connectivity index (χ3v) is 3.60. The summed E-state index contributed by atoms with van der Waals surface area (Å²) in [7, 11) is 0. The summed E-state index contributed by atoms with van der Waals surface area (Å²) in [6.45, 7) is 1.94. The predicted molar refractivity (Wildman–Crippen MR) is 75.2 cm³/mol. The average Bonchev–Trinajstić information content (AvgIpc) is 3.10. The van der Waals surface area contributed by atoms with Crippen molar-refractivity contribution >= 4 is 27.5 Å². The van der Waals surface area contributed by atoms with Crippen LogP contribution in [-0.2, 0) is 0 Å². The number of carbonyl (C=O) groups is 1. The molecule has 0 spiro atoms. The SMILES string of the molecule is Cc1cc(Br)ccc1NC(=O)c1n[nH]c(C2CC2)n1. The number of rotatable bonds is 3. The van der Waals surface area contributed by atoms with Crippen LogP contribution >= 0.6 is 15.9 Å². The minimum atomic E-state index is -0.284. The number of anilines is 1. The Morgan fingerprint density at radius 1 is 1.47 bits per heavy atom. The van der Waals surface area contributed by atoms with E-state index in [0.29, 0.717) is 5.92 Å². The van der Waals surface area contributed by atoms with Crippen LogP contribution in [0.1, 0.15) is 40.8 Å². The standard InChI is InChI=1S/C13H13BrN4O/c1-7-6-9(14)4-5-10(7)15-13(19)12-16-11(17-18-12)8-2-3-8/h4-6,8H,2-3H2,1H3,(H,15,19)(H,16,17,18). The second-order valence-electron chi connectivity index (χ2n) is 4.73. The highest BCUT2D eigenvalue weighted by Gasteiger charge is 2.28. The number of hydrogen-bond donors (Lipinski definition) is 2. The van der Waals surface area contributed by atoms with E-state index in [1.54, 1.807) is 0 Å². The zero-order valence-electron chi connectivity index (χ0n) is 10.4. The molecule has 0 bridgehead atoms. The van der Waals surface area contributed by atoms with E-state index >= 15 is 0 Å². The van der Waals surface area contributed by atoms with Gasteiger partial charge in [-0.3, -0.25) is 9.89 Å². The monoisotopic (exact) mass is 320 g/mol. The molecule has 0 unspecified atom stereocenters. The van der Waals surface area contributed by atoms with Gasteiger partial charge in [0.25, 0.3) is 5.91 Å². The molecule has 3 rings (SSSR count). The summed E-state index contributed by atoms with van der Waals surface area (Å²) in [5.74, 6) is 1.19. The number of aromatic amines is 1. The van der Waals surface area contributed by atoms with Crippen LogP contribution in [0.15, 0.2) is 22.7 Å². The molecule has 98 valence electrons. The van der Waals surface area contributed by atoms with E-state index in [9.17, 15) is 4.79 Å². The number of aromatic nitrogens is 3. The number of benzene rings is 1. The Balaban J connectivity index is 1.76. The molecule has 1 aliphatic carbocycles. The van der Waals surface area contributed by atoms with Crippen molar-refractivity contribution in [2.24, 2.45) is 0 Å². The van der Waals surface area contributed by atoms with Gasteiger partial charge in [0, 0.05) is 16.1 Å². The van der Waals surface area contributed by atoms with Gasteiger partial charge in [-0.1, -0.05) is 15.9 Å². The lowest BCUT2D eigenvalue weighted by molar-refractivity contribution is 0.101. The molecule has 1 amide bonds. The molecule has 6 heteroatoms. The largest absolute Gasteiger partial charge is 0.319 e. The molecule has 2 aromatic rings. The van der Waals surface area contributed by atoms with Crippen LogP contribution in [-0.4, -0.2) is 21.1 Å². The molecular weight excluding hydrogens is 308 g/mol. The summed E-state index contributed by atoms with van der Waals surface area (Å²) in [6, 6.07) is 5.69. The number of hydrogen-bond acceptors (Lipinski definition) is 3. The van der Waals surface area contributed by atoms with Crippen molar-refractivity contribution in [3.63, 3.8) is 0 Å². The summed E-state index contributed by atoms with van der Waals surface area (Å²) >= 11 is 3.39. The third-order valence-electron chi connectivity index (χ3n) is 3.11. The zero-order chi connectivity index (χ0) is 13.4. The number of nitrogens with zero attached hydrogens (tertiary/aromatic N) is 2.